The molecule has 0 saturated carbocycles. The summed E-state index contributed by atoms with van der Waals surface area (Å²) in [7, 11) is 1.23. The summed E-state index contributed by atoms with van der Waals surface area (Å²) in [5, 5.41) is 56.2. The van der Waals surface area contributed by atoms with Crippen LogP contribution in [0.3, 0.4) is 0 Å². The van der Waals surface area contributed by atoms with Crippen molar-refractivity contribution in [2.24, 2.45) is 0 Å². The molecule has 9 nitrogen and oxygen atoms in total. The normalized spacial score (nSPS) is 16.7. The fourth-order valence-electron chi connectivity index (χ4n) is 1.31. The second-order valence-corrected chi connectivity index (χ2v) is 4.17. The van der Waals surface area contributed by atoms with Crippen LogP contribution in [-0.2, 0) is 9.59 Å². The number of hydrogen-bond acceptors (Lipinski definition) is 8. The number of nitrogens with zero attached hydrogens (tertiary/aromatic N) is 1. The number of carbonyl (C=O) groups excluding carboxylic acids is 2. The van der Waals surface area contributed by atoms with Gasteiger partial charge in [0.05, 0.1) is 12.6 Å². The third-order valence-electron chi connectivity index (χ3n) is 2.52. The minimum atomic E-state index is -1.79. The van der Waals surface area contributed by atoms with Crippen molar-refractivity contribution in [2.75, 3.05) is 20.2 Å². The van der Waals surface area contributed by atoms with Gasteiger partial charge in [-0.3, -0.25) is 4.79 Å². The Balaban J connectivity index is 0. The Morgan fingerprint density at radius 1 is 1.10 bits per heavy atom. The molecule has 0 heterocycles. The average molecular weight is 315 g/mol. The fraction of sp³-hybridized carbons (Fsp3) is 0.636. The van der Waals surface area contributed by atoms with Gasteiger partial charge in [-0.1, -0.05) is 0 Å². The van der Waals surface area contributed by atoms with Crippen molar-refractivity contribution in [3.63, 3.8) is 0 Å². The summed E-state index contributed by atoms with van der Waals surface area (Å²) in [4.78, 5) is 22.4. The first-order chi connectivity index (χ1) is 9.20. The largest absolute Gasteiger partial charge is 1.00 e. The van der Waals surface area contributed by atoms with Crippen LogP contribution in [0.4, 0.5) is 0 Å². The topological polar surface area (TPSA) is 162 Å². The van der Waals surface area contributed by atoms with Gasteiger partial charge in [0, 0.05) is 19.7 Å². The van der Waals surface area contributed by atoms with E-state index in [1.54, 1.807) is 0 Å². The number of hydrogen-bond donors (Lipinski definition) is 5. The van der Waals surface area contributed by atoms with E-state index in [1.165, 1.54) is 7.05 Å². The molecule has 1 amide bonds. The monoisotopic (exact) mass is 315 g/mol. The first-order valence-electron chi connectivity index (χ1n) is 5.68. The van der Waals surface area contributed by atoms with Gasteiger partial charge in [-0.2, -0.15) is 0 Å². The molecule has 5 N–H and O–H groups in total. The second-order valence-electron chi connectivity index (χ2n) is 4.17. The van der Waals surface area contributed by atoms with Crippen molar-refractivity contribution >= 4 is 11.9 Å². The third kappa shape index (κ3) is 8.49. The molecule has 21 heavy (non-hydrogen) atoms. The molecule has 0 aliphatic heterocycles. The standard InChI is InChI=1S/C11H19NO8.Na/c1-12(8(16)2-3-9(17)18)4-6(14)10(19)11(20)7(15)5-13;/h2-3,6-7,10-11,13-15,19-20H,4-5H2,1H3,(H,17,18);/q;+1/p-1/b3-2+;/t6-,7+,10+,11+;/m0./s1. The van der Waals surface area contributed by atoms with Gasteiger partial charge in [-0.05, 0) is 6.08 Å². The molecule has 0 spiro atoms. The minimum absolute atomic E-state index is 0. The van der Waals surface area contributed by atoms with Crippen LogP contribution in [0.15, 0.2) is 12.2 Å². The summed E-state index contributed by atoms with van der Waals surface area (Å²) >= 11 is 0. The van der Waals surface area contributed by atoms with Crippen molar-refractivity contribution in [3.8, 4) is 0 Å². The van der Waals surface area contributed by atoms with Gasteiger partial charge >= 0.3 is 29.6 Å². The predicted molar refractivity (Wildman–Crippen MR) is 62.9 cm³/mol. The molecule has 0 radical (unpaired) electrons. The molecular weight excluding hydrogens is 297 g/mol. The van der Waals surface area contributed by atoms with Crippen molar-refractivity contribution in [1.82, 2.24) is 4.90 Å². The third-order valence-corrected chi connectivity index (χ3v) is 2.52. The molecule has 0 aromatic rings. The quantitative estimate of drug-likeness (QED) is 0.218. The van der Waals surface area contributed by atoms with Gasteiger partial charge in [-0.25, -0.2) is 0 Å². The number of carboxylic acids is 1. The van der Waals surface area contributed by atoms with E-state index in [0.29, 0.717) is 12.2 Å². The summed E-state index contributed by atoms with van der Waals surface area (Å²) in [6, 6.07) is 0. The fourth-order valence-corrected chi connectivity index (χ4v) is 1.31. The Morgan fingerprint density at radius 2 is 1.57 bits per heavy atom. The maximum atomic E-state index is 11.4. The summed E-state index contributed by atoms with van der Waals surface area (Å²) in [5.41, 5.74) is 0. The maximum Gasteiger partial charge on any atom is 1.00 e. The summed E-state index contributed by atoms with van der Waals surface area (Å²) in [6.45, 7) is -1.24. The Morgan fingerprint density at radius 3 is 2.00 bits per heavy atom. The van der Waals surface area contributed by atoms with E-state index in [2.05, 4.69) is 0 Å². The summed E-state index contributed by atoms with van der Waals surface area (Å²) in [5.74, 6) is -2.33. The molecule has 10 heteroatoms. The van der Waals surface area contributed by atoms with Crippen LogP contribution >= 0.6 is 0 Å². The van der Waals surface area contributed by atoms with E-state index in [-0.39, 0.29) is 29.6 Å². The Labute approximate surface area is 143 Å². The van der Waals surface area contributed by atoms with Crippen LogP contribution in [-0.4, -0.2) is 86.9 Å². The Kier molecular flexibility index (Phi) is 12.0. The first kappa shape index (κ1) is 22.8. The van der Waals surface area contributed by atoms with E-state index < -0.39 is 49.4 Å². The molecule has 0 aliphatic carbocycles. The molecule has 0 rings (SSSR count). The molecule has 0 aromatic carbocycles. The molecule has 0 unspecified atom stereocenters. The summed E-state index contributed by atoms with van der Waals surface area (Å²) < 4.78 is 0. The van der Waals surface area contributed by atoms with Crippen LogP contribution in [0.5, 0.6) is 0 Å². The van der Waals surface area contributed by atoms with Crippen LogP contribution in [0, 0.1) is 0 Å². The number of rotatable bonds is 8. The van der Waals surface area contributed by atoms with Gasteiger partial charge in [0.1, 0.15) is 24.4 Å². The van der Waals surface area contributed by atoms with E-state index in [9.17, 15) is 30.0 Å². The van der Waals surface area contributed by atoms with Crippen LogP contribution in [0.25, 0.3) is 0 Å². The first-order valence-corrected chi connectivity index (χ1v) is 5.68. The molecule has 0 saturated heterocycles. The Bertz CT molecular complexity index is 364. The molecule has 0 fully saturated rings. The van der Waals surface area contributed by atoms with Crippen molar-refractivity contribution in [2.45, 2.75) is 24.4 Å². The number of carbonyl (C=O) groups is 2. The number of amides is 1. The molecule has 0 aromatic heterocycles. The zero-order valence-electron chi connectivity index (χ0n) is 11.8. The van der Waals surface area contributed by atoms with Crippen LogP contribution in [0.1, 0.15) is 0 Å². The van der Waals surface area contributed by atoms with Gasteiger partial charge in [0.2, 0.25) is 5.91 Å². The Hall–Kier alpha value is -0.520. The molecular formula is C11H18NNaO8. The number of aliphatic carboxylic acids is 1. The van der Waals surface area contributed by atoms with E-state index in [1.807, 2.05) is 0 Å². The average Bonchev–Trinajstić information content (AvgIpc) is 2.41. The van der Waals surface area contributed by atoms with E-state index in [0.717, 1.165) is 4.90 Å². The predicted octanol–water partition coefficient (Wildman–Crippen LogP) is -7.81. The maximum absolute atomic E-state index is 11.4. The van der Waals surface area contributed by atoms with Gasteiger partial charge in [-0.15, -0.1) is 0 Å². The molecule has 0 bridgehead atoms. The molecule has 4 atom stereocenters. The molecule has 0 aliphatic rings. The number of aliphatic hydroxyl groups is 5. The summed E-state index contributed by atoms with van der Waals surface area (Å²) in [6.07, 6.45) is -5.62. The van der Waals surface area contributed by atoms with Crippen LogP contribution in [0.2, 0.25) is 0 Å². The smallest absolute Gasteiger partial charge is 0.545 e. The zero-order chi connectivity index (χ0) is 15.9. The van der Waals surface area contributed by atoms with Crippen molar-refractivity contribution in [1.29, 1.82) is 0 Å². The van der Waals surface area contributed by atoms with Gasteiger partial charge in [0.15, 0.2) is 0 Å². The van der Waals surface area contributed by atoms with Gasteiger partial charge in [0.25, 0.3) is 0 Å². The van der Waals surface area contributed by atoms with E-state index >= 15 is 0 Å². The molecule has 116 valence electrons. The van der Waals surface area contributed by atoms with Gasteiger partial charge < -0.3 is 40.3 Å². The van der Waals surface area contributed by atoms with Crippen molar-refractivity contribution in [3.05, 3.63) is 12.2 Å². The van der Waals surface area contributed by atoms with E-state index in [4.69, 9.17) is 10.2 Å². The minimum Gasteiger partial charge on any atom is -0.545 e. The second kappa shape index (κ2) is 11.1. The number of carboxylic acid groups (broad SMARTS) is 1. The SMILES string of the molecule is CN(C[C@H](O)[C@@H](O)[C@H](O)[C@H](O)CO)C(=O)/C=C/C(=O)[O-].[Na+]. The van der Waals surface area contributed by atoms with Crippen molar-refractivity contribution < 1.29 is 69.8 Å². The van der Waals surface area contributed by atoms with Crippen LogP contribution < -0.4 is 34.7 Å². The zero-order valence-corrected chi connectivity index (χ0v) is 13.8. The number of likely N-dealkylation sites (N-methyl/N-ethyl adjacent to an activating group) is 1. The number of aliphatic hydroxyl groups excluding tert-OH is 5.